The van der Waals surface area contributed by atoms with Crippen molar-refractivity contribution in [2.75, 3.05) is 7.11 Å². The number of aryl methyl sites for hydroxylation is 1. The van der Waals surface area contributed by atoms with Gasteiger partial charge in [-0.2, -0.15) is 13.2 Å². The van der Waals surface area contributed by atoms with E-state index in [2.05, 4.69) is 18.7 Å². The molecule has 1 N–H and O–H groups in total. The van der Waals surface area contributed by atoms with E-state index in [1.807, 2.05) is 12.1 Å². The topological polar surface area (TPSA) is 29.5 Å². The maximum Gasteiger partial charge on any atom is 0.417 e. The summed E-state index contributed by atoms with van der Waals surface area (Å²) in [6.45, 7) is 5.74. The van der Waals surface area contributed by atoms with Crippen molar-refractivity contribution < 1.29 is 23.0 Å². The molecule has 2 fully saturated rings. The molecule has 0 saturated heterocycles. The number of benzene rings is 1. The number of allylic oxidation sites excluding steroid dienone is 1. The molecule has 5 atom stereocenters. The van der Waals surface area contributed by atoms with Gasteiger partial charge in [0.1, 0.15) is 5.75 Å². The molecule has 4 rings (SSSR count). The summed E-state index contributed by atoms with van der Waals surface area (Å²) in [7, 11) is 1.64. The summed E-state index contributed by atoms with van der Waals surface area (Å²) in [6.07, 6.45) is 0.0639. The lowest BCUT2D eigenvalue weighted by Crippen LogP contribution is -2.60. The highest BCUT2D eigenvalue weighted by atomic mass is 19.4. The molecule has 3 aliphatic carbocycles. The Kier molecular flexibility index (Phi) is 4.02. The van der Waals surface area contributed by atoms with Gasteiger partial charge in [-0.3, -0.25) is 0 Å². The Morgan fingerprint density at radius 3 is 2.59 bits per heavy atom. The molecule has 0 unspecified atom stereocenters. The zero-order valence-electron chi connectivity index (χ0n) is 15.9. The van der Waals surface area contributed by atoms with Crippen molar-refractivity contribution in [2.24, 2.45) is 16.7 Å². The Bertz CT molecular complexity index is 773. The van der Waals surface area contributed by atoms with Crippen molar-refractivity contribution in [3.05, 3.63) is 42.0 Å². The molecule has 27 heavy (non-hydrogen) atoms. The summed E-state index contributed by atoms with van der Waals surface area (Å²) in [5.41, 5.74) is -1.73. The molecule has 0 radical (unpaired) electrons. The van der Waals surface area contributed by atoms with Crippen LogP contribution in [0, 0.1) is 16.7 Å². The minimum Gasteiger partial charge on any atom is -0.497 e. The Hall–Kier alpha value is -1.49. The molecule has 0 aliphatic heterocycles. The van der Waals surface area contributed by atoms with Crippen molar-refractivity contribution >= 4 is 0 Å². The normalized spacial score (nSPS) is 40.7. The third kappa shape index (κ3) is 2.24. The van der Waals surface area contributed by atoms with Gasteiger partial charge < -0.3 is 9.84 Å². The molecule has 1 aromatic carbocycles. The maximum absolute atomic E-state index is 13.8. The van der Waals surface area contributed by atoms with Crippen LogP contribution in [0.25, 0.3) is 0 Å². The number of halogens is 3. The van der Waals surface area contributed by atoms with Crippen LogP contribution in [0.4, 0.5) is 13.2 Å². The molecule has 148 valence electrons. The van der Waals surface area contributed by atoms with Gasteiger partial charge in [-0.15, -0.1) is 6.58 Å². The van der Waals surface area contributed by atoms with Gasteiger partial charge in [0, 0.05) is 5.41 Å². The number of hydrogen-bond acceptors (Lipinski definition) is 2. The smallest absolute Gasteiger partial charge is 0.417 e. The van der Waals surface area contributed by atoms with Crippen molar-refractivity contribution in [2.45, 2.75) is 63.1 Å². The van der Waals surface area contributed by atoms with Crippen LogP contribution in [-0.4, -0.2) is 24.0 Å². The summed E-state index contributed by atoms with van der Waals surface area (Å²) in [5.74, 6) is 0.745. The molecule has 2 nitrogen and oxygen atoms in total. The largest absolute Gasteiger partial charge is 0.497 e. The number of rotatable bonds is 2. The Balaban J connectivity index is 1.80. The second-order valence-corrected chi connectivity index (χ2v) is 8.84. The van der Waals surface area contributed by atoms with E-state index in [-0.39, 0.29) is 18.3 Å². The van der Waals surface area contributed by atoms with Gasteiger partial charge in [0.05, 0.1) is 7.11 Å². The first kappa shape index (κ1) is 18.9. The molecular weight excluding hydrogens is 353 g/mol. The van der Waals surface area contributed by atoms with Gasteiger partial charge in [0.25, 0.3) is 0 Å². The highest BCUT2D eigenvalue weighted by molar-refractivity contribution is 5.43. The first-order chi connectivity index (χ1) is 12.6. The van der Waals surface area contributed by atoms with Crippen LogP contribution >= 0.6 is 0 Å². The quantitative estimate of drug-likeness (QED) is 0.696. The van der Waals surface area contributed by atoms with E-state index >= 15 is 0 Å². The molecule has 1 aromatic rings. The Morgan fingerprint density at radius 2 is 1.96 bits per heavy atom. The van der Waals surface area contributed by atoms with Crippen molar-refractivity contribution in [1.29, 1.82) is 0 Å². The number of hydrogen-bond donors (Lipinski definition) is 1. The summed E-state index contributed by atoms with van der Waals surface area (Å²) >= 11 is 0. The fourth-order valence-electron chi connectivity index (χ4n) is 6.71. The van der Waals surface area contributed by atoms with Crippen LogP contribution in [-0.2, 0) is 6.42 Å². The van der Waals surface area contributed by atoms with E-state index in [9.17, 15) is 18.3 Å². The maximum atomic E-state index is 13.8. The van der Waals surface area contributed by atoms with Crippen LogP contribution in [0.3, 0.4) is 0 Å². The van der Waals surface area contributed by atoms with Gasteiger partial charge >= 0.3 is 6.18 Å². The van der Waals surface area contributed by atoms with Gasteiger partial charge in [-0.25, -0.2) is 0 Å². The minimum absolute atomic E-state index is 0.151. The lowest BCUT2D eigenvalue weighted by Gasteiger charge is -2.59. The van der Waals surface area contributed by atoms with Crippen LogP contribution in [0.5, 0.6) is 5.75 Å². The van der Waals surface area contributed by atoms with E-state index in [0.717, 1.165) is 18.6 Å². The van der Waals surface area contributed by atoms with Crippen LogP contribution in [0.2, 0.25) is 0 Å². The predicted molar refractivity (Wildman–Crippen MR) is 97.8 cm³/mol. The Labute approximate surface area is 158 Å². The Morgan fingerprint density at radius 1 is 1.22 bits per heavy atom. The van der Waals surface area contributed by atoms with Crippen molar-refractivity contribution in [3.63, 3.8) is 0 Å². The standard InChI is InChI=1S/C22H27F3O2/c1-4-20-11-7-14-13-15(27-3)5-6-16(14)17(20)8-10-19(2)18(20)9-12-21(19,26)22(23,24)25/h4-6,13,17-18,26H,1,7-12H2,2-3H3/t17-,18-,19+,20-,21+/m1/s1. The molecule has 0 aromatic heterocycles. The summed E-state index contributed by atoms with van der Waals surface area (Å²) < 4.78 is 46.9. The first-order valence-electron chi connectivity index (χ1n) is 9.72. The van der Waals surface area contributed by atoms with Crippen molar-refractivity contribution in [3.8, 4) is 5.75 Å². The second-order valence-electron chi connectivity index (χ2n) is 8.84. The SMILES string of the molecule is C=C[C@@]12CCc3cc(OC)ccc3[C@H]1CC[C@@]1(C)[C@H]2CC[C@@]1(O)C(F)(F)F. The molecule has 0 spiro atoms. The summed E-state index contributed by atoms with van der Waals surface area (Å²) in [4.78, 5) is 0. The fraction of sp³-hybridized carbons (Fsp3) is 0.636. The monoisotopic (exact) mass is 380 g/mol. The first-order valence-corrected chi connectivity index (χ1v) is 9.72. The number of aliphatic hydroxyl groups is 1. The van der Waals surface area contributed by atoms with E-state index < -0.39 is 22.6 Å². The lowest BCUT2D eigenvalue weighted by molar-refractivity contribution is -0.302. The molecule has 0 amide bonds. The predicted octanol–water partition coefficient (Wildman–Crippen LogP) is 5.40. The lowest BCUT2D eigenvalue weighted by atomic mass is 9.46. The average molecular weight is 380 g/mol. The van der Waals surface area contributed by atoms with Crippen molar-refractivity contribution in [1.82, 2.24) is 0 Å². The van der Waals surface area contributed by atoms with E-state index in [1.54, 1.807) is 14.0 Å². The van der Waals surface area contributed by atoms with Gasteiger partial charge in [-0.1, -0.05) is 19.1 Å². The molecule has 3 aliphatic rings. The fourth-order valence-corrected chi connectivity index (χ4v) is 6.71. The van der Waals surface area contributed by atoms with Crippen LogP contribution in [0.1, 0.15) is 56.1 Å². The number of ether oxygens (including phenoxy) is 1. The van der Waals surface area contributed by atoms with Crippen LogP contribution < -0.4 is 4.74 Å². The van der Waals surface area contributed by atoms with E-state index in [1.165, 1.54) is 11.1 Å². The minimum atomic E-state index is -4.61. The second kappa shape index (κ2) is 5.76. The summed E-state index contributed by atoms with van der Waals surface area (Å²) in [6, 6.07) is 6.06. The number of methoxy groups -OCH3 is 1. The highest BCUT2D eigenvalue weighted by Crippen LogP contribution is 2.72. The molecular formula is C22H27F3O2. The number of alkyl halides is 3. The van der Waals surface area contributed by atoms with Gasteiger partial charge in [-0.05, 0) is 79.0 Å². The van der Waals surface area contributed by atoms with Gasteiger partial charge in [0.15, 0.2) is 5.60 Å². The molecule has 0 bridgehead atoms. The third-order valence-electron chi connectivity index (χ3n) is 8.16. The van der Waals surface area contributed by atoms with E-state index in [4.69, 9.17) is 4.74 Å². The zero-order valence-corrected chi connectivity index (χ0v) is 15.9. The summed E-state index contributed by atoms with van der Waals surface area (Å²) in [5, 5.41) is 10.8. The molecule has 5 heteroatoms. The van der Waals surface area contributed by atoms with E-state index in [0.29, 0.717) is 19.3 Å². The molecule has 0 heterocycles. The molecule has 2 saturated carbocycles. The van der Waals surface area contributed by atoms with Gasteiger partial charge in [0.2, 0.25) is 0 Å². The number of fused-ring (bicyclic) bond motifs is 5. The average Bonchev–Trinajstić information content (AvgIpc) is 2.93. The van der Waals surface area contributed by atoms with Crippen LogP contribution in [0.15, 0.2) is 30.9 Å². The zero-order chi connectivity index (χ0) is 19.7. The third-order valence-corrected chi connectivity index (χ3v) is 8.16. The highest BCUT2D eigenvalue weighted by Gasteiger charge is 2.73.